The molecule has 0 unspecified atom stereocenters. The smallest absolute Gasteiger partial charge is 0.134 e. The maximum atomic E-state index is 11.1. The number of para-hydroxylation sites is 2. The molecule has 0 fully saturated rings. The van der Waals surface area contributed by atoms with Crippen LogP contribution in [0.4, 0.5) is 0 Å². The summed E-state index contributed by atoms with van der Waals surface area (Å²) in [4.78, 5) is 16.3. The molecule has 0 atom stereocenters. The monoisotopic (exact) mass is 494 g/mol. The largest absolute Gasteiger partial charge is 0.507 e. The Kier molecular flexibility index (Phi) is 4.97. The van der Waals surface area contributed by atoms with E-state index in [2.05, 4.69) is 9.97 Å². The topological polar surface area (TPSA) is 97.8 Å². The third-order valence-electron chi connectivity index (χ3n) is 6.92. The number of rotatable bonds is 4. The van der Waals surface area contributed by atoms with E-state index in [1.807, 2.05) is 109 Å². The lowest BCUT2D eigenvalue weighted by molar-refractivity contribution is 0.478. The summed E-state index contributed by atoms with van der Waals surface area (Å²) in [6, 6.07) is 30.8. The minimum Gasteiger partial charge on any atom is -0.507 e. The maximum absolute atomic E-state index is 11.1. The van der Waals surface area contributed by atoms with Gasteiger partial charge in [0.05, 0.1) is 22.4 Å². The summed E-state index contributed by atoms with van der Waals surface area (Å²) >= 11 is 0. The number of benzene rings is 3. The van der Waals surface area contributed by atoms with Crippen LogP contribution in [0.1, 0.15) is 0 Å². The summed E-state index contributed by atoms with van der Waals surface area (Å²) < 4.78 is 0. The molecule has 38 heavy (non-hydrogen) atoms. The highest BCUT2D eigenvalue weighted by molar-refractivity contribution is 6.04. The van der Waals surface area contributed by atoms with Crippen LogP contribution in [-0.4, -0.2) is 30.1 Å². The predicted octanol–water partition coefficient (Wildman–Crippen LogP) is 7.52. The van der Waals surface area contributed by atoms with Crippen molar-refractivity contribution in [1.29, 1.82) is 0 Å². The molecule has 0 radical (unpaired) electrons. The highest BCUT2D eigenvalue weighted by Crippen LogP contribution is 2.39. The number of aromatic hydroxyl groups is 2. The number of aromatic nitrogens is 4. The van der Waals surface area contributed by atoms with Gasteiger partial charge in [0, 0.05) is 56.8 Å². The number of nitrogens with one attached hydrogen (secondary N) is 2. The number of pyridine rings is 2. The Morgan fingerprint density at radius 1 is 0.447 bits per heavy atom. The summed E-state index contributed by atoms with van der Waals surface area (Å²) in [5.41, 5.74) is 7.14. The zero-order chi connectivity index (χ0) is 25.6. The Balaban J connectivity index is 1.40. The Morgan fingerprint density at radius 2 is 0.868 bits per heavy atom. The van der Waals surface area contributed by atoms with Crippen LogP contribution in [0.25, 0.3) is 66.8 Å². The van der Waals surface area contributed by atoms with Gasteiger partial charge in [-0.3, -0.25) is 0 Å². The molecular formula is C32H22N4O2. The molecule has 0 aliphatic heterocycles. The number of hydrogen-bond acceptors (Lipinski definition) is 4. The molecule has 0 amide bonds. The second kappa shape index (κ2) is 8.64. The molecule has 182 valence electrons. The molecule has 7 aromatic rings. The van der Waals surface area contributed by atoms with Gasteiger partial charge in [-0.15, -0.1) is 0 Å². The van der Waals surface area contributed by atoms with E-state index in [1.165, 1.54) is 0 Å². The number of nitrogens with zero attached hydrogens (tertiary/aromatic N) is 2. The summed E-state index contributed by atoms with van der Waals surface area (Å²) in [6.07, 6.45) is 3.66. The summed E-state index contributed by atoms with van der Waals surface area (Å²) in [6.45, 7) is 0. The van der Waals surface area contributed by atoms with Crippen molar-refractivity contribution in [3.05, 3.63) is 109 Å². The van der Waals surface area contributed by atoms with Gasteiger partial charge in [-0.25, -0.2) is 9.97 Å². The lowest BCUT2D eigenvalue weighted by Crippen LogP contribution is -1.92. The molecular weight excluding hydrogens is 472 g/mol. The van der Waals surface area contributed by atoms with Crippen LogP contribution < -0.4 is 0 Å². The first-order valence-electron chi connectivity index (χ1n) is 12.3. The number of phenolic OH excluding ortho intramolecular Hbond substituents is 2. The van der Waals surface area contributed by atoms with Gasteiger partial charge in [0.1, 0.15) is 11.5 Å². The molecule has 4 aromatic heterocycles. The Bertz CT molecular complexity index is 1800. The van der Waals surface area contributed by atoms with Gasteiger partial charge in [-0.2, -0.15) is 0 Å². The van der Waals surface area contributed by atoms with E-state index in [9.17, 15) is 10.2 Å². The van der Waals surface area contributed by atoms with Crippen molar-refractivity contribution >= 4 is 21.8 Å². The van der Waals surface area contributed by atoms with Gasteiger partial charge in [-0.05, 0) is 60.7 Å². The van der Waals surface area contributed by atoms with Crippen LogP contribution in [0, 0.1) is 0 Å². The van der Waals surface area contributed by atoms with E-state index in [1.54, 1.807) is 0 Å². The van der Waals surface area contributed by atoms with Crippen molar-refractivity contribution in [1.82, 2.24) is 19.9 Å². The molecule has 7 rings (SSSR count). The number of hydrogen-bond donors (Lipinski definition) is 4. The molecule has 6 nitrogen and oxygen atoms in total. The molecule has 6 heteroatoms. The van der Waals surface area contributed by atoms with Gasteiger partial charge in [0.25, 0.3) is 0 Å². The van der Waals surface area contributed by atoms with Crippen LogP contribution >= 0.6 is 0 Å². The third kappa shape index (κ3) is 3.50. The van der Waals surface area contributed by atoms with E-state index in [4.69, 9.17) is 9.97 Å². The normalized spacial score (nSPS) is 11.4. The quantitative estimate of drug-likeness (QED) is 0.190. The van der Waals surface area contributed by atoms with Crippen molar-refractivity contribution in [3.8, 4) is 56.5 Å². The van der Waals surface area contributed by atoms with E-state index in [0.717, 1.165) is 33.2 Å². The highest BCUT2D eigenvalue weighted by Gasteiger charge is 2.16. The van der Waals surface area contributed by atoms with E-state index < -0.39 is 0 Å². The van der Waals surface area contributed by atoms with Crippen LogP contribution in [0.5, 0.6) is 11.5 Å². The molecule has 0 saturated carbocycles. The second-order valence-electron chi connectivity index (χ2n) is 9.17. The Labute approximate surface area is 217 Å². The molecule has 0 spiro atoms. The third-order valence-corrected chi connectivity index (χ3v) is 6.92. The maximum Gasteiger partial charge on any atom is 0.134 e. The second-order valence-corrected chi connectivity index (χ2v) is 9.17. The van der Waals surface area contributed by atoms with Crippen LogP contribution in [0.3, 0.4) is 0 Å². The molecule has 4 N–H and O–H groups in total. The average Bonchev–Trinajstić information content (AvgIpc) is 3.68. The number of H-pyrrole nitrogens is 2. The van der Waals surface area contributed by atoms with Crippen LogP contribution in [0.2, 0.25) is 0 Å². The first kappa shape index (κ1) is 21.9. The average molecular weight is 495 g/mol. The summed E-state index contributed by atoms with van der Waals surface area (Å²) in [7, 11) is 0. The molecule has 3 aromatic carbocycles. The molecule has 0 aliphatic carbocycles. The van der Waals surface area contributed by atoms with E-state index in [0.29, 0.717) is 33.6 Å². The number of fused-ring (bicyclic) bond motifs is 3. The fourth-order valence-electron chi connectivity index (χ4n) is 5.00. The predicted molar refractivity (Wildman–Crippen MR) is 151 cm³/mol. The van der Waals surface area contributed by atoms with E-state index >= 15 is 0 Å². The van der Waals surface area contributed by atoms with Crippen molar-refractivity contribution in [2.45, 2.75) is 0 Å². The van der Waals surface area contributed by atoms with Gasteiger partial charge in [-0.1, -0.05) is 36.4 Å². The Morgan fingerprint density at radius 3 is 1.29 bits per heavy atom. The summed E-state index contributed by atoms with van der Waals surface area (Å²) in [5.74, 6) is 0.337. The number of phenols is 2. The fourth-order valence-corrected chi connectivity index (χ4v) is 5.00. The van der Waals surface area contributed by atoms with Gasteiger partial charge in [0.15, 0.2) is 0 Å². The van der Waals surface area contributed by atoms with Crippen molar-refractivity contribution in [2.75, 3.05) is 0 Å². The zero-order valence-corrected chi connectivity index (χ0v) is 20.2. The minimum absolute atomic E-state index is 0.168. The summed E-state index contributed by atoms with van der Waals surface area (Å²) in [5, 5.41) is 24.1. The SMILES string of the molecule is Oc1c(-c2ccc3ccc4ccc(-c5cccc(-c6ccc[nH]6)c5O)nc4c3n2)cccc1-c1ccc[nH]1. The molecule has 0 aliphatic rings. The standard InChI is InChI=1S/C32H22N4O2/c37-31-21(25-9-3-17-33-25)5-1-7-23(31)27-15-13-19-11-12-20-14-16-28(36-30(20)29(19)35-27)24-8-2-6-22(32(24)38)26-10-4-18-34-26/h1-18,33-34,37-38H. The van der Waals surface area contributed by atoms with Crippen LogP contribution in [-0.2, 0) is 0 Å². The van der Waals surface area contributed by atoms with Crippen LogP contribution in [0.15, 0.2) is 109 Å². The highest BCUT2D eigenvalue weighted by atomic mass is 16.3. The Hall–Kier alpha value is -5.36. The van der Waals surface area contributed by atoms with Crippen molar-refractivity contribution < 1.29 is 10.2 Å². The van der Waals surface area contributed by atoms with Crippen molar-refractivity contribution in [2.24, 2.45) is 0 Å². The zero-order valence-electron chi connectivity index (χ0n) is 20.2. The number of aromatic amines is 2. The first-order chi connectivity index (χ1) is 18.7. The molecule has 0 saturated heterocycles. The van der Waals surface area contributed by atoms with Crippen molar-refractivity contribution in [3.63, 3.8) is 0 Å². The molecule has 4 heterocycles. The van der Waals surface area contributed by atoms with Gasteiger partial charge in [0.2, 0.25) is 0 Å². The first-order valence-corrected chi connectivity index (χ1v) is 12.3. The molecule has 0 bridgehead atoms. The fraction of sp³-hybridized carbons (Fsp3) is 0. The van der Waals surface area contributed by atoms with Gasteiger partial charge >= 0.3 is 0 Å². The van der Waals surface area contributed by atoms with E-state index in [-0.39, 0.29) is 11.5 Å². The van der Waals surface area contributed by atoms with Gasteiger partial charge < -0.3 is 20.2 Å². The lowest BCUT2D eigenvalue weighted by atomic mass is 10.0. The minimum atomic E-state index is 0.168. The lowest BCUT2D eigenvalue weighted by Gasteiger charge is -2.12.